The second-order valence-electron chi connectivity index (χ2n) is 5.00. The molecule has 2 unspecified atom stereocenters. The Kier molecular flexibility index (Phi) is 3.18. The van der Waals surface area contributed by atoms with Crippen LogP contribution in [0.15, 0.2) is 17.5 Å². The Balaban J connectivity index is 1.69. The molecule has 4 nitrogen and oxygen atoms in total. The van der Waals surface area contributed by atoms with E-state index in [0.29, 0.717) is 18.8 Å². The number of hydrogen-bond acceptors (Lipinski definition) is 4. The molecule has 2 N–H and O–H groups in total. The maximum absolute atomic E-state index is 11.8. The predicted molar refractivity (Wildman–Crippen MR) is 69.1 cm³/mol. The van der Waals surface area contributed by atoms with E-state index in [1.165, 1.54) is 17.7 Å². The Hall–Kier alpha value is -1.20. The minimum atomic E-state index is -0.226. The van der Waals surface area contributed by atoms with Gasteiger partial charge in [0.15, 0.2) is 0 Å². The minimum Gasteiger partial charge on any atom is -0.298 e. The molecule has 1 aromatic heterocycles. The quantitative estimate of drug-likeness (QED) is 0.812. The topological polar surface area (TPSA) is 58.2 Å². The van der Waals surface area contributed by atoms with Crippen LogP contribution in [0.2, 0.25) is 0 Å². The van der Waals surface area contributed by atoms with Crippen LogP contribution in [-0.4, -0.2) is 17.9 Å². The van der Waals surface area contributed by atoms with Gasteiger partial charge in [-0.2, -0.15) is 0 Å². The molecule has 0 spiro atoms. The number of hydrogen-bond donors (Lipinski definition) is 2. The molecule has 2 amide bonds. The minimum absolute atomic E-state index is 0.155. The van der Waals surface area contributed by atoms with Gasteiger partial charge in [0, 0.05) is 17.3 Å². The summed E-state index contributed by atoms with van der Waals surface area (Å²) < 4.78 is 0. The fourth-order valence-corrected chi connectivity index (χ4v) is 3.30. The van der Waals surface area contributed by atoms with Gasteiger partial charge in [-0.25, -0.2) is 0 Å². The maximum Gasteiger partial charge on any atom is 0.243 e. The lowest BCUT2D eigenvalue weighted by Crippen LogP contribution is -2.51. The number of imide groups is 1. The van der Waals surface area contributed by atoms with Gasteiger partial charge in [0.1, 0.15) is 0 Å². The Morgan fingerprint density at radius 2 is 2.17 bits per heavy atom. The van der Waals surface area contributed by atoms with Crippen LogP contribution < -0.4 is 10.6 Å². The fourth-order valence-electron chi connectivity index (χ4n) is 2.42. The number of carbonyl (C=O) groups excluding carboxylic acids is 2. The first-order valence-electron chi connectivity index (χ1n) is 6.37. The summed E-state index contributed by atoms with van der Waals surface area (Å²) in [6.45, 7) is 0. The largest absolute Gasteiger partial charge is 0.298 e. The molecule has 5 heteroatoms. The number of carbonyl (C=O) groups is 2. The third kappa shape index (κ3) is 2.47. The van der Waals surface area contributed by atoms with Crippen molar-refractivity contribution in [1.82, 2.24) is 10.6 Å². The van der Waals surface area contributed by atoms with Crippen LogP contribution in [0.5, 0.6) is 0 Å². The zero-order valence-corrected chi connectivity index (χ0v) is 10.8. The summed E-state index contributed by atoms with van der Waals surface area (Å²) >= 11 is 1.73. The third-order valence-corrected chi connectivity index (χ3v) is 4.52. The average molecular weight is 264 g/mol. The Morgan fingerprint density at radius 3 is 2.78 bits per heavy atom. The summed E-state index contributed by atoms with van der Waals surface area (Å²) in [4.78, 5) is 24.2. The van der Waals surface area contributed by atoms with Crippen LogP contribution in [0.4, 0.5) is 0 Å². The van der Waals surface area contributed by atoms with E-state index in [1.807, 2.05) is 6.07 Å². The van der Waals surface area contributed by atoms with E-state index < -0.39 is 0 Å². The molecule has 1 saturated heterocycles. The summed E-state index contributed by atoms with van der Waals surface area (Å²) in [5.41, 5.74) is 0. The smallest absolute Gasteiger partial charge is 0.243 e. The number of rotatable bonds is 4. The first-order valence-corrected chi connectivity index (χ1v) is 7.25. The van der Waals surface area contributed by atoms with Gasteiger partial charge < -0.3 is 0 Å². The molecule has 0 aromatic carbocycles. The zero-order valence-electron chi connectivity index (χ0n) is 10.0. The van der Waals surface area contributed by atoms with E-state index in [4.69, 9.17) is 0 Å². The lowest BCUT2D eigenvalue weighted by atomic mass is 10.0. The summed E-state index contributed by atoms with van der Waals surface area (Å²) in [6.07, 6.45) is 3.50. The molecule has 1 aromatic rings. The van der Waals surface area contributed by atoms with Gasteiger partial charge in [-0.15, -0.1) is 11.3 Å². The van der Waals surface area contributed by atoms with Crippen molar-refractivity contribution >= 4 is 23.2 Å². The monoisotopic (exact) mass is 264 g/mol. The molecular formula is C13H16N2O2S. The molecule has 1 aliphatic carbocycles. The highest BCUT2D eigenvalue weighted by Gasteiger charge is 2.36. The molecular weight excluding hydrogens is 248 g/mol. The highest BCUT2D eigenvalue weighted by atomic mass is 32.1. The lowest BCUT2D eigenvalue weighted by molar-refractivity contribution is -0.134. The molecule has 96 valence electrons. The maximum atomic E-state index is 11.8. The number of piperidine rings is 1. The highest BCUT2D eigenvalue weighted by Crippen LogP contribution is 2.42. The van der Waals surface area contributed by atoms with E-state index in [2.05, 4.69) is 22.1 Å². The van der Waals surface area contributed by atoms with Gasteiger partial charge >= 0.3 is 0 Å². The summed E-state index contributed by atoms with van der Waals surface area (Å²) in [5.74, 6) is 0.319. The number of nitrogens with one attached hydrogen (secondary N) is 2. The van der Waals surface area contributed by atoms with Gasteiger partial charge in [0.2, 0.25) is 11.8 Å². The SMILES string of the molecule is O=C1CCC(NC(c2cccs2)C2CC2)C(=O)N1. The van der Waals surface area contributed by atoms with Crippen LogP contribution in [0.1, 0.15) is 36.6 Å². The van der Waals surface area contributed by atoms with Gasteiger partial charge in [0.05, 0.1) is 6.04 Å². The van der Waals surface area contributed by atoms with Crippen molar-refractivity contribution in [3.8, 4) is 0 Å². The van der Waals surface area contributed by atoms with E-state index in [-0.39, 0.29) is 23.9 Å². The van der Waals surface area contributed by atoms with Crippen molar-refractivity contribution in [1.29, 1.82) is 0 Å². The molecule has 0 bridgehead atoms. The van der Waals surface area contributed by atoms with Crippen LogP contribution in [0, 0.1) is 5.92 Å². The summed E-state index contributed by atoms with van der Waals surface area (Å²) in [5, 5.41) is 7.91. The van der Waals surface area contributed by atoms with E-state index in [0.717, 1.165) is 0 Å². The first kappa shape index (κ1) is 11.9. The van der Waals surface area contributed by atoms with Crippen molar-refractivity contribution in [2.75, 3.05) is 0 Å². The summed E-state index contributed by atoms with van der Waals surface area (Å²) in [7, 11) is 0. The average Bonchev–Trinajstić information content (AvgIpc) is 3.03. The lowest BCUT2D eigenvalue weighted by Gasteiger charge is -2.27. The van der Waals surface area contributed by atoms with E-state index >= 15 is 0 Å². The van der Waals surface area contributed by atoms with Gasteiger partial charge in [0.25, 0.3) is 0 Å². The summed E-state index contributed by atoms with van der Waals surface area (Å²) in [6, 6.07) is 4.21. The van der Waals surface area contributed by atoms with Crippen molar-refractivity contribution < 1.29 is 9.59 Å². The third-order valence-electron chi connectivity index (χ3n) is 3.56. The second-order valence-corrected chi connectivity index (χ2v) is 5.98. The predicted octanol–water partition coefficient (Wildman–Crippen LogP) is 1.59. The molecule has 2 atom stereocenters. The second kappa shape index (κ2) is 4.82. The molecule has 2 heterocycles. The standard InChI is InChI=1S/C13H16N2O2S/c16-11-6-5-9(13(17)15-11)14-12(8-3-4-8)10-2-1-7-18-10/h1-2,7-9,12,14H,3-6H2,(H,15,16,17). The number of thiophene rings is 1. The van der Waals surface area contributed by atoms with Gasteiger partial charge in [-0.05, 0) is 36.6 Å². The first-order chi connectivity index (χ1) is 8.74. The van der Waals surface area contributed by atoms with E-state index in [1.54, 1.807) is 11.3 Å². The van der Waals surface area contributed by atoms with Crippen molar-refractivity contribution in [3.63, 3.8) is 0 Å². The van der Waals surface area contributed by atoms with Crippen LogP contribution in [0.25, 0.3) is 0 Å². The Labute approximate surface area is 110 Å². The zero-order chi connectivity index (χ0) is 12.5. The van der Waals surface area contributed by atoms with E-state index in [9.17, 15) is 9.59 Å². The van der Waals surface area contributed by atoms with Crippen LogP contribution in [-0.2, 0) is 9.59 Å². The van der Waals surface area contributed by atoms with Crippen molar-refractivity contribution in [2.24, 2.45) is 5.92 Å². The molecule has 0 radical (unpaired) electrons. The normalized spacial score (nSPS) is 25.9. The fraction of sp³-hybridized carbons (Fsp3) is 0.538. The Bertz CT molecular complexity index is 454. The molecule has 1 saturated carbocycles. The van der Waals surface area contributed by atoms with Crippen molar-refractivity contribution in [3.05, 3.63) is 22.4 Å². The molecule has 2 aliphatic rings. The van der Waals surface area contributed by atoms with Gasteiger partial charge in [-0.1, -0.05) is 6.07 Å². The van der Waals surface area contributed by atoms with Crippen molar-refractivity contribution in [2.45, 2.75) is 37.8 Å². The van der Waals surface area contributed by atoms with Gasteiger partial charge in [-0.3, -0.25) is 20.2 Å². The van der Waals surface area contributed by atoms with Crippen LogP contribution >= 0.6 is 11.3 Å². The van der Waals surface area contributed by atoms with Crippen LogP contribution in [0.3, 0.4) is 0 Å². The molecule has 18 heavy (non-hydrogen) atoms. The molecule has 1 aliphatic heterocycles. The highest BCUT2D eigenvalue weighted by molar-refractivity contribution is 7.10. The molecule has 2 fully saturated rings. The molecule has 3 rings (SSSR count). The number of amides is 2. The Morgan fingerprint density at radius 1 is 1.33 bits per heavy atom.